The predicted octanol–water partition coefficient (Wildman–Crippen LogP) is 0.0738. The van der Waals surface area contributed by atoms with E-state index in [0.717, 1.165) is 12.8 Å². The molecule has 0 saturated heterocycles. The molecule has 0 spiro atoms. The Kier molecular flexibility index (Phi) is 0.952. The van der Waals surface area contributed by atoms with Gasteiger partial charge in [-0.3, -0.25) is 14.5 Å². The lowest BCUT2D eigenvalue weighted by Gasteiger charge is -2.10. The van der Waals surface area contributed by atoms with Crippen LogP contribution in [0.4, 0.5) is 0 Å². The number of nitrogens with zero attached hydrogens (tertiary/aromatic N) is 1. The van der Waals surface area contributed by atoms with Crippen molar-refractivity contribution < 1.29 is 9.59 Å². The summed E-state index contributed by atoms with van der Waals surface area (Å²) >= 11 is 0. The lowest BCUT2D eigenvalue weighted by Crippen LogP contribution is -2.31. The Balaban J connectivity index is 2.20. The molecule has 1 saturated carbocycles. The van der Waals surface area contributed by atoms with Crippen molar-refractivity contribution in [2.24, 2.45) is 0 Å². The third kappa shape index (κ3) is 0.667. The highest BCUT2D eigenvalue weighted by atomic mass is 16.2. The van der Waals surface area contributed by atoms with E-state index < -0.39 is 0 Å². The fourth-order valence-corrected chi connectivity index (χ4v) is 1.10. The van der Waals surface area contributed by atoms with Crippen LogP contribution >= 0.6 is 0 Å². The first-order valence-electron chi connectivity index (χ1n) is 3.34. The number of imide groups is 1. The second-order valence-corrected chi connectivity index (χ2v) is 2.61. The number of carbonyl (C=O) groups excluding carboxylic acids is 2. The summed E-state index contributed by atoms with van der Waals surface area (Å²) in [6, 6.07) is 0.218. The van der Waals surface area contributed by atoms with Gasteiger partial charge in [-0.15, -0.1) is 0 Å². The predicted molar refractivity (Wildman–Crippen MR) is 34.0 cm³/mol. The van der Waals surface area contributed by atoms with Crippen LogP contribution in [0.1, 0.15) is 12.8 Å². The molecule has 0 aromatic rings. The van der Waals surface area contributed by atoms with Gasteiger partial charge in [0, 0.05) is 18.2 Å². The van der Waals surface area contributed by atoms with Gasteiger partial charge in [0.1, 0.15) is 0 Å². The Morgan fingerprint density at radius 3 is 2.10 bits per heavy atom. The minimum Gasteiger partial charge on any atom is -0.272 e. The molecule has 10 heavy (non-hydrogen) atoms. The van der Waals surface area contributed by atoms with Gasteiger partial charge in [-0.1, -0.05) is 0 Å². The summed E-state index contributed by atoms with van der Waals surface area (Å²) in [6.45, 7) is 0. The maximum absolute atomic E-state index is 10.9. The lowest BCUT2D eigenvalue weighted by atomic mass is 10.5. The Morgan fingerprint density at radius 2 is 1.70 bits per heavy atom. The molecule has 1 heterocycles. The van der Waals surface area contributed by atoms with Crippen LogP contribution in [0.3, 0.4) is 0 Å². The number of rotatable bonds is 1. The number of hydrogen-bond donors (Lipinski definition) is 0. The van der Waals surface area contributed by atoms with E-state index >= 15 is 0 Å². The third-order valence-corrected chi connectivity index (χ3v) is 1.76. The van der Waals surface area contributed by atoms with Gasteiger partial charge in [0.25, 0.3) is 11.8 Å². The minimum atomic E-state index is -0.146. The summed E-state index contributed by atoms with van der Waals surface area (Å²) in [7, 11) is 0. The summed E-state index contributed by atoms with van der Waals surface area (Å²) in [5.41, 5.74) is 0. The first-order chi connectivity index (χ1) is 4.79. The van der Waals surface area contributed by atoms with Crippen molar-refractivity contribution in [3.05, 3.63) is 12.2 Å². The average molecular weight is 137 g/mol. The van der Waals surface area contributed by atoms with Crippen molar-refractivity contribution in [3.63, 3.8) is 0 Å². The van der Waals surface area contributed by atoms with E-state index in [1.165, 1.54) is 17.1 Å². The molecule has 0 atom stereocenters. The van der Waals surface area contributed by atoms with Crippen LogP contribution in [0, 0.1) is 0 Å². The van der Waals surface area contributed by atoms with Gasteiger partial charge in [0.15, 0.2) is 0 Å². The van der Waals surface area contributed by atoms with Crippen LogP contribution in [0.25, 0.3) is 0 Å². The van der Waals surface area contributed by atoms with Crippen molar-refractivity contribution >= 4 is 11.8 Å². The normalized spacial score (nSPS) is 24.6. The molecule has 2 aliphatic rings. The smallest absolute Gasteiger partial charge is 0.253 e. The molecule has 1 aliphatic carbocycles. The molecule has 0 bridgehead atoms. The third-order valence-electron chi connectivity index (χ3n) is 1.76. The summed E-state index contributed by atoms with van der Waals surface area (Å²) in [6.07, 6.45) is 4.64. The number of amides is 2. The van der Waals surface area contributed by atoms with E-state index in [2.05, 4.69) is 0 Å². The largest absolute Gasteiger partial charge is 0.272 e. The Morgan fingerprint density at radius 1 is 1.20 bits per heavy atom. The van der Waals surface area contributed by atoms with E-state index in [4.69, 9.17) is 0 Å². The van der Waals surface area contributed by atoms with Crippen LogP contribution in [-0.2, 0) is 9.59 Å². The molecular weight excluding hydrogens is 130 g/mol. The zero-order valence-electron chi connectivity index (χ0n) is 5.41. The van der Waals surface area contributed by atoms with Crippen molar-refractivity contribution in [3.8, 4) is 0 Å². The van der Waals surface area contributed by atoms with Crippen molar-refractivity contribution in [1.29, 1.82) is 0 Å². The molecule has 52 valence electrons. The Labute approximate surface area is 58.3 Å². The molecule has 0 radical (unpaired) electrons. The molecule has 0 N–H and O–H groups in total. The highest BCUT2D eigenvalue weighted by Gasteiger charge is 2.37. The van der Waals surface area contributed by atoms with E-state index in [1.807, 2.05) is 0 Å². The maximum atomic E-state index is 10.9. The van der Waals surface area contributed by atoms with Gasteiger partial charge < -0.3 is 0 Å². The second kappa shape index (κ2) is 1.68. The molecule has 1 aliphatic heterocycles. The van der Waals surface area contributed by atoms with Crippen molar-refractivity contribution in [2.75, 3.05) is 0 Å². The monoisotopic (exact) mass is 137 g/mol. The standard InChI is InChI=1S/C7H7NO2/c9-6-3-4-7(10)8(6)5-1-2-5/h3-5H,1-2H2. The Hall–Kier alpha value is -1.12. The van der Waals surface area contributed by atoms with Gasteiger partial charge in [0.2, 0.25) is 0 Å². The van der Waals surface area contributed by atoms with Gasteiger partial charge in [0.05, 0.1) is 0 Å². The van der Waals surface area contributed by atoms with Gasteiger partial charge in [-0.05, 0) is 12.8 Å². The SMILES string of the molecule is O=C1C=CC(=O)N1C1CC1. The van der Waals surface area contributed by atoms with E-state index in [0.29, 0.717) is 0 Å². The van der Waals surface area contributed by atoms with Gasteiger partial charge >= 0.3 is 0 Å². The van der Waals surface area contributed by atoms with Crippen LogP contribution in [0.2, 0.25) is 0 Å². The molecular formula is C7H7NO2. The van der Waals surface area contributed by atoms with E-state index in [1.54, 1.807) is 0 Å². The number of hydrogen-bond acceptors (Lipinski definition) is 2. The van der Waals surface area contributed by atoms with Crippen LogP contribution < -0.4 is 0 Å². The number of carbonyl (C=O) groups is 2. The quantitative estimate of drug-likeness (QED) is 0.480. The summed E-state index contributed by atoms with van der Waals surface area (Å²) in [5.74, 6) is -0.292. The molecule has 3 nitrogen and oxygen atoms in total. The molecule has 2 rings (SSSR count). The zero-order chi connectivity index (χ0) is 7.14. The van der Waals surface area contributed by atoms with E-state index in [-0.39, 0.29) is 17.9 Å². The summed E-state index contributed by atoms with van der Waals surface area (Å²) in [5, 5.41) is 0. The maximum Gasteiger partial charge on any atom is 0.253 e. The summed E-state index contributed by atoms with van der Waals surface area (Å²) in [4.78, 5) is 23.1. The zero-order valence-corrected chi connectivity index (χ0v) is 5.41. The second-order valence-electron chi connectivity index (χ2n) is 2.61. The van der Waals surface area contributed by atoms with Crippen molar-refractivity contribution in [1.82, 2.24) is 4.90 Å². The highest BCUT2D eigenvalue weighted by Crippen LogP contribution is 2.28. The first kappa shape index (κ1) is 5.65. The minimum absolute atomic E-state index is 0.146. The fraction of sp³-hybridized carbons (Fsp3) is 0.429. The molecule has 0 aromatic heterocycles. The van der Waals surface area contributed by atoms with Crippen LogP contribution in [0.5, 0.6) is 0 Å². The fourth-order valence-electron chi connectivity index (χ4n) is 1.10. The van der Waals surface area contributed by atoms with Crippen molar-refractivity contribution in [2.45, 2.75) is 18.9 Å². The molecule has 2 amide bonds. The molecule has 1 fully saturated rings. The highest BCUT2D eigenvalue weighted by molar-refractivity contribution is 6.13. The van der Waals surface area contributed by atoms with Gasteiger partial charge in [-0.25, -0.2) is 0 Å². The topological polar surface area (TPSA) is 37.4 Å². The average Bonchev–Trinajstić information content (AvgIpc) is 2.64. The molecule has 0 aromatic carbocycles. The Bertz CT molecular complexity index is 210. The molecule has 3 heteroatoms. The van der Waals surface area contributed by atoms with Crippen LogP contribution in [0.15, 0.2) is 12.2 Å². The summed E-state index contributed by atoms with van der Waals surface area (Å²) < 4.78 is 0. The van der Waals surface area contributed by atoms with Gasteiger partial charge in [-0.2, -0.15) is 0 Å². The lowest BCUT2D eigenvalue weighted by molar-refractivity contribution is -0.137. The molecule has 0 unspecified atom stereocenters. The van der Waals surface area contributed by atoms with E-state index in [9.17, 15) is 9.59 Å². The first-order valence-corrected chi connectivity index (χ1v) is 3.34. The van der Waals surface area contributed by atoms with Crippen LogP contribution in [-0.4, -0.2) is 22.8 Å².